The lowest BCUT2D eigenvalue weighted by atomic mass is 10.0. The molecule has 0 aliphatic carbocycles. The van der Waals surface area contributed by atoms with E-state index in [2.05, 4.69) is 34.5 Å². The van der Waals surface area contributed by atoms with Crippen LogP contribution in [-0.2, 0) is 9.59 Å². The van der Waals surface area contributed by atoms with Gasteiger partial charge in [0.2, 0.25) is 0 Å². The summed E-state index contributed by atoms with van der Waals surface area (Å²) >= 11 is 0. The minimum Gasteiger partial charge on any atom is -0.436 e. The van der Waals surface area contributed by atoms with Crippen LogP contribution in [0.4, 0.5) is 0 Å². The zero-order valence-electron chi connectivity index (χ0n) is 11.8. The Morgan fingerprint density at radius 1 is 1.05 bits per heavy atom. The van der Waals surface area contributed by atoms with Crippen molar-refractivity contribution in [3.8, 4) is 22.8 Å². The number of carbonyl (C=O) groups excluding carboxylic acids is 2. The van der Waals surface area contributed by atoms with Crippen LogP contribution in [0.1, 0.15) is 5.56 Å². The van der Waals surface area contributed by atoms with Crippen molar-refractivity contribution in [2.75, 3.05) is 0 Å². The van der Waals surface area contributed by atoms with Gasteiger partial charge in [-0.1, -0.05) is 36.4 Å². The smallest absolute Gasteiger partial charge is 0.373 e. The van der Waals surface area contributed by atoms with E-state index < -0.39 is 0 Å². The van der Waals surface area contributed by atoms with Gasteiger partial charge in [0.1, 0.15) is 11.9 Å². The van der Waals surface area contributed by atoms with Crippen molar-refractivity contribution in [3.63, 3.8) is 0 Å². The van der Waals surface area contributed by atoms with Crippen LogP contribution in [-0.4, -0.2) is 21.6 Å². The predicted octanol–water partition coefficient (Wildman–Crippen LogP) is 2.99. The Balaban J connectivity index is 0.000000545. The first-order chi connectivity index (χ1) is 10.7. The molecule has 1 aromatic heterocycles. The highest BCUT2D eigenvalue weighted by Crippen LogP contribution is 2.26. The first-order valence-corrected chi connectivity index (χ1v) is 6.43. The largest absolute Gasteiger partial charge is 0.436 e. The summed E-state index contributed by atoms with van der Waals surface area (Å²) in [4.78, 5) is 16.2. The number of benzene rings is 2. The number of H-pyrrole nitrogens is 1. The fourth-order valence-corrected chi connectivity index (χ4v) is 1.96. The molecule has 22 heavy (non-hydrogen) atoms. The Morgan fingerprint density at radius 2 is 1.73 bits per heavy atom. The van der Waals surface area contributed by atoms with E-state index in [1.165, 1.54) is 22.9 Å². The van der Waals surface area contributed by atoms with E-state index in [-0.39, 0.29) is 6.15 Å². The highest BCUT2D eigenvalue weighted by atomic mass is 16.5. The molecule has 6 heteroatoms. The molecule has 0 fully saturated rings. The fraction of sp³-hybridized carbons (Fsp3) is 0.0625. The number of ether oxygens (including phenoxy) is 1. The van der Waals surface area contributed by atoms with Crippen LogP contribution < -0.4 is 4.74 Å². The molecule has 3 rings (SSSR count). The number of aryl methyl sites for hydroxylation is 1. The molecular weight excluding hydrogens is 282 g/mol. The van der Waals surface area contributed by atoms with Crippen molar-refractivity contribution in [2.45, 2.75) is 6.92 Å². The van der Waals surface area contributed by atoms with Crippen molar-refractivity contribution in [2.24, 2.45) is 0 Å². The first-order valence-electron chi connectivity index (χ1n) is 6.43. The maximum atomic E-state index is 8.12. The average Bonchev–Trinajstić information content (AvgIpc) is 3.03. The highest BCUT2D eigenvalue weighted by molar-refractivity contribution is 5.67. The number of hydrogen-bond donors (Lipinski definition) is 1. The van der Waals surface area contributed by atoms with E-state index in [4.69, 9.17) is 14.3 Å². The molecule has 0 bridgehead atoms. The lowest BCUT2D eigenvalue weighted by Gasteiger charge is -2.07. The number of aromatic amines is 1. The number of nitrogens with one attached hydrogen (secondary N) is 1. The zero-order valence-corrected chi connectivity index (χ0v) is 11.8. The fourth-order valence-electron chi connectivity index (χ4n) is 1.96. The van der Waals surface area contributed by atoms with Gasteiger partial charge in [-0.25, -0.2) is 0 Å². The van der Waals surface area contributed by atoms with E-state index in [0.717, 1.165) is 5.75 Å². The third-order valence-electron chi connectivity index (χ3n) is 2.93. The van der Waals surface area contributed by atoms with Gasteiger partial charge in [-0.15, -0.1) is 5.10 Å². The van der Waals surface area contributed by atoms with Crippen LogP contribution >= 0.6 is 0 Å². The molecule has 0 spiro atoms. The third-order valence-corrected chi connectivity index (χ3v) is 2.93. The lowest BCUT2D eigenvalue weighted by molar-refractivity contribution is -0.191. The third kappa shape index (κ3) is 3.88. The van der Waals surface area contributed by atoms with Gasteiger partial charge < -0.3 is 4.74 Å². The van der Waals surface area contributed by atoms with E-state index in [0.29, 0.717) is 5.88 Å². The van der Waals surface area contributed by atoms with E-state index >= 15 is 0 Å². The van der Waals surface area contributed by atoms with Gasteiger partial charge in [0.25, 0.3) is 5.88 Å². The van der Waals surface area contributed by atoms with Crippen LogP contribution in [0.2, 0.25) is 0 Å². The SMILES string of the molecule is Cc1ccccc1-c1ccc(Oc2cn[nH]n2)cc1.O=C=O. The monoisotopic (exact) mass is 295 g/mol. The second kappa shape index (κ2) is 7.52. The molecule has 3 aromatic rings. The van der Waals surface area contributed by atoms with Gasteiger partial charge >= 0.3 is 6.15 Å². The normalized spacial score (nSPS) is 9.32. The molecule has 1 heterocycles. The number of aromatic nitrogens is 3. The Bertz CT molecular complexity index is 747. The van der Waals surface area contributed by atoms with E-state index in [1.54, 1.807) is 0 Å². The second-order valence-electron chi connectivity index (χ2n) is 4.33. The summed E-state index contributed by atoms with van der Waals surface area (Å²) in [6.45, 7) is 2.11. The molecule has 1 N–H and O–H groups in total. The van der Waals surface area contributed by atoms with E-state index in [9.17, 15) is 0 Å². The Labute approximate surface area is 126 Å². The van der Waals surface area contributed by atoms with Crippen molar-refractivity contribution in [1.29, 1.82) is 0 Å². The molecule has 110 valence electrons. The summed E-state index contributed by atoms with van der Waals surface area (Å²) in [5.74, 6) is 1.20. The number of hydrogen-bond acceptors (Lipinski definition) is 5. The minimum atomic E-state index is 0.250. The van der Waals surface area contributed by atoms with Gasteiger partial charge in [0.05, 0.1) is 0 Å². The van der Waals surface area contributed by atoms with Gasteiger partial charge in [0, 0.05) is 0 Å². The number of nitrogens with zero attached hydrogens (tertiary/aromatic N) is 2. The maximum absolute atomic E-state index is 8.12. The molecule has 0 saturated heterocycles. The van der Waals surface area contributed by atoms with Crippen molar-refractivity contribution in [1.82, 2.24) is 15.4 Å². The van der Waals surface area contributed by atoms with Gasteiger partial charge in [-0.3, -0.25) is 0 Å². The molecule has 0 aliphatic heterocycles. The molecule has 6 nitrogen and oxygen atoms in total. The van der Waals surface area contributed by atoms with Crippen LogP contribution in [0.3, 0.4) is 0 Å². The van der Waals surface area contributed by atoms with Crippen molar-refractivity contribution >= 4 is 6.15 Å². The van der Waals surface area contributed by atoms with Gasteiger partial charge in [-0.2, -0.15) is 19.9 Å². The lowest BCUT2D eigenvalue weighted by Crippen LogP contribution is -1.86. The Hall–Kier alpha value is -3.24. The standard InChI is InChI=1S/C15H13N3O.CO2/c1-11-4-2-3-5-14(11)12-6-8-13(9-7-12)19-15-10-16-18-17-15;2-1-3/h2-10H,1H3,(H,16,17,18);. The van der Waals surface area contributed by atoms with Crippen LogP contribution in [0.15, 0.2) is 54.7 Å². The Kier molecular flexibility index (Phi) is 5.18. The number of rotatable bonds is 3. The Morgan fingerprint density at radius 3 is 2.32 bits per heavy atom. The van der Waals surface area contributed by atoms with Crippen LogP contribution in [0.5, 0.6) is 11.6 Å². The summed E-state index contributed by atoms with van der Waals surface area (Å²) in [6, 6.07) is 16.2. The van der Waals surface area contributed by atoms with Gasteiger partial charge in [0.15, 0.2) is 0 Å². The summed E-state index contributed by atoms with van der Waals surface area (Å²) in [6.07, 6.45) is 1.79. The zero-order chi connectivity index (χ0) is 15.8. The predicted molar refractivity (Wildman–Crippen MR) is 78.1 cm³/mol. The molecule has 0 saturated carbocycles. The average molecular weight is 295 g/mol. The molecular formula is C16H13N3O3. The summed E-state index contributed by atoms with van der Waals surface area (Å²) in [5, 5.41) is 10.1. The molecule has 0 amide bonds. The van der Waals surface area contributed by atoms with Crippen molar-refractivity contribution in [3.05, 3.63) is 60.3 Å². The molecule has 2 aromatic carbocycles. The van der Waals surface area contributed by atoms with Crippen molar-refractivity contribution < 1.29 is 14.3 Å². The first kappa shape index (κ1) is 15.2. The summed E-state index contributed by atoms with van der Waals surface area (Å²) in [7, 11) is 0. The molecule has 0 aliphatic rings. The van der Waals surface area contributed by atoms with Gasteiger partial charge in [-0.05, 0) is 35.7 Å². The minimum absolute atomic E-state index is 0.250. The summed E-state index contributed by atoms with van der Waals surface area (Å²) in [5.41, 5.74) is 3.66. The maximum Gasteiger partial charge on any atom is 0.373 e. The van der Waals surface area contributed by atoms with E-state index in [1.807, 2.05) is 36.4 Å². The molecule has 0 unspecified atom stereocenters. The molecule has 0 radical (unpaired) electrons. The second-order valence-corrected chi connectivity index (χ2v) is 4.33. The highest BCUT2D eigenvalue weighted by Gasteiger charge is 2.03. The summed E-state index contributed by atoms with van der Waals surface area (Å²) < 4.78 is 5.53. The van der Waals surface area contributed by atoms with Crippen LogP contribution in [0.25, 0.3) is 11.1 Å². The quantitative estimate of drug-likeness (QED) is 0.802. The van der Waals surface area contributed by atoms with Crippen LogP contribution in [0, 0.1) is 6.92 Å². The molecule has 0 atom stereocenters. The topological polar surface area (TPSA) is 84.9 Å².